The first-order chi connectivity index (χ1) is 9.27. The van der Waals surface area contributed by atoms with Gasteiger partial charge in [0.25, 0.3) is 0 Å². The van der Waals surface area contributed by atoms with E-state index in [-0.39, 0.29) is 0 Å². The normalized spacial score (nSPS) is 10.6. The Morgan fingerprint density at radius 2 is 1.37 bits per heavy atom. The number of aryl methyl sites for hydroxylation is 2. The molecule has 0 N–H and O–H groups in total. The second kappa shape index (κ2) is 4.73. The Hall–Kier alpha value is -2.35. The van der Waals surface area contributed by atoms with Crippen molar-refractivity contribution < 1.29 is 0 Å². The molecule has 0 atom stereocenters. The summed E-state index contributed by atoms with van der Waals surface area (Å²) in [5.41, 5.74) is 4.58. The maximum atomic E-state index is 4.63. The Morgan fingerprint density at radius 1 is 0.789 bits per heavy atom. The Bertz CT molecular complexity index is 622. The summed E-state index contributed by atoms with van der Waals surface area (Å²) in [5, 5.41) is 0. The molecule has 2 heteroatoms. The minimum atomic E-state index is 1.02. The molecule has 3 aromatic rings. The summed E-state index contributed by atoms with van der Waals surface area (Å²) in [6, 6.07) is 20.8. The zero-order valence-corrected chi connectivity index (χ0v) is 11.2. The fourth-order valence-corrected chi connectivity index (χ4v) is 2.50. The second-order valence-electron chi connectivity index (χ2n) is 4.63. The van der Waals surface area contributed by atoms with Crippen LogP contribution in [0.3, 0.4) is 0 Å². The summed E-state index contributed by atoms with van der Waals surface area (Å²) in [6.45, 7) is 4.11. The van der Waals surface area contributed by atoms with E-state index in [9.17, 15) is 0 Å². The smallest absolute Gasteiger partial charge is 0.110 e. The van der Waals surface area contributed by atoms with Crippen molar-refractivity contribution in [2.75, 3.05) is 0 Å². The number of imidazole rings is 1. The van der Waals surface area contributed by atoms with E-state index in [1.165, 1.54) is 11.3 Å². The molecule has 2 aromatic carbocycles. The van der Waals surface area contributed by atoms with E-state index < -0.39 is 0 Å². The summed E-state index contributed by atoms with van der Waals surface area (Å²) in [4.78, 5) is 4.63. The van der Waals surface area contributed by atoms with Gasteiger partial charge in [-0.2, -0.15) is 0 Å². The fraction of sp³-hybridized carbons (Fsp3) is 0.118. The molecule has 1 aromatic heterocycles. The van der Waals surface area contributed by atoms with Crippen molar-refractivity contribution in [3.63, 3.8) is 0 Å². The first kappa shape index (κ1) is 11.7. The van der Waals surface area contributed by atoms with Crippen molar-refractivity contribution in [1.82, 2.24) is 9.55 Å². The summed E-state index contributed by atoms with van der Waals surface area (Å²) >= 11 is 0. The molecule has 3 rings (SSSR count). The van der Waals surface area contributed by atoms with Gasteiger partial charge in [0.1, 0.15) is 5.82 Å². The number of para-hydroxylation sites is 1. The summed E-state index contributed by atoms with van der Waals surface area (Å²) in [7, 11) is 0. The highest BCUT2D eigenvalue weighted by molar-refractivity contribution is 5.65. The largest absolute Gasteiger partial charge is 0.296 e. The summed E-state index contributed by atoms with van der Waals surface area (Å²) in [6.07, 6.45) is 0. The topological polar surface area (TPSA) is 17.8 Å². The van der Waals surface area contributed by atoms with E-state index in [1.807, 2.05) is 19.1 Å². The highest BCUT2D eigenvalue weighted by Crippen LogP contribution is 2.27. The van der Waals surface area contributed by atoms with E-state index in [4.69, 9.17) is 0 Å². The predicted octanol–water partition coefficient (Wildman–Crippen LogP) is 4.16. The third-order valence-electron chi connectivity index (χ3n) is 3.28. The van der Waals surface area contributed by atoms with E-state index >= 15 is 0 Å². The molecular weight excluding hydrogens is 232 g/mol. The van der Waals surface area contributed by atoms with Crippen molar-refractivity contribution in [3.8, 4) is 16.9 Å². The second-order valence-corrected chi connectivity index (χ2v) is 4.63. The lowest BCUT2D eigenvalue weighted by atomic mass is 10.1. The molecule has 0 aliphatic heterocycles. The molecule has 0 bridgehead atoms. The van der Waals surface area contributed by atoms with Gasteiger partial charge < -0.3 is 0 Å². The molecule has 1 heterocycles. The number of hydrogen-bond donors (Lipinski definition) is 0. The maximum absolute atomic E-state index is 4.63. The Kier molecular flexibility index (Phi) is 2.92. The van der Waals surface area contributed by atoms with Crippen LogP contribution in [0.25, 0.3) is 16.9 Å². The SMILES string of the molecule is Cc1nc(C)n(-c2ccccc2)c1-c1ccccc1. The average molecular weight is 248 g/mol. The molecule has 0 saturated carbocycles. The van der Waals surface area contributed by atoms with Crippen LogP contribution in [0.15, 0.2) is 60.7 Å². The zero-order chi connectivity index (χ0) is 13.2. The molecule has 0 spiro atoms. The van der Waals surface area contributed by atoms with Crippen molar-refractivity contribution >= 4 is 0 Å². The van der Waals surface area contributed by atoms with Crippen molar-refractivity contribution in [2.45, 2.75) is 13.8 Å². The lowest BCUT2D eigenvalue weighted by molar-refractivity contribution is 0.979. The van der Waals surface area contributed by atoms with Gasteiger partial charge in [0.15, 0.2) is 0 Å². The quantitative estimate of drug-likeness (QED) is 0.666. The fourth-order valence-electron chi connectivity index (χ4n) is 2.50. The van der Waals surface area contributed by atoms with Crippen molar-refractivity contribution in [2.24, 2.45) is 0 Å². The number of nitrogens with zero attached hydrogens (tertiary/aromatic N) is 2. The third-order valence-corrected chi connectivity index (χ3v) is 3.28. The first-order valence-corrected chi connectivity index (χ1v) is 6.44. The van der Waals surface area contributed by atoms with Crippen LogP contribution in [0.4, 0.5) is 0 Å². The number of benzene rings is 2. The predicted molar refractivity (Wildman–Crippen MR) is 78.5 cm³/mol. The average Bonchev–Trinajstić information content (AvgIpc) is 2.75. The molecule has 0 aliphatic rings. The van der Waals surface area contributed by atoms with E-state index in [0.29, 0.717) is 0 Å². The molecule has 0 saturated heterocycles. The highest BCUT2D eigenvalue weighted by atomic mass is 15.1. The van der Waals surface area contributed by atoms with E-state index in [1.54, 1.807) is 0 Å². The molecule has 0 amide bonds. The van der Waals surface area contributed by atoms with Crippen LogP contribution in [-0.4, -0.2) is 9.55 Å². The Labute approximate surface area is 113 Å². The summed E-state index contributed by atoms with van der Waals surface area (Å²) in [5.74, 6) is 1.02. The van der Waals surface area contributed by atoms with E-state index in [0.717, 1.165) is 17.2 Å². The molecule has 19 heavy (non-hydrogen) atoms. The van der Waals surface area contributed by atoms with Crippen LogP contribution >= 0.6 is 0 Å². The monoisotopic (exact) mass is 248 g/mol. The van der Waals surface area contributed by atoms with Crippen LogP contribution in [0, 0.1) is 13.8 Å². The van der Waals surface area contributed by atoms with Gasteiger partial charge in [-0.05, 0) is 26.0 Å². The highest BCUT2D eigenvalue weighted by Gasteiger charge is 2.14. The lowest BCUT2D eigenvalue weighted by Gasteiger charge is -2.11. The lowest BCUT2D eigenvalue weighted by Crippen LogP contribution is -1.99. The van der Waals surface area contributed by atoms with Gasteiger partial charge in [0.2, 0.25) is 0 Å². The standard InChI is InChI=1S/C17H16N2/c1-13-17(15-9-5-3-6-10-15)19(14(2)18-13)16-11-7-4-8-12-16/h3-12H,1-2H3. The molecule has 0 aliphatic carbocycles. The molecule has 2 nitrogen and oxygen atoms in total. The van der Waals surface area contributed by atoms with Crippen molar-refractivity contribution in [1.29, 1.82) is 0 Å². The Morgan fingerprint density at radius 3 is 2.00 bits per heavy atom. The van der Waals surface area contributed by atoms with Gasteiger partial charge in [-0.15, -0.1) is 0 Å². The van der Waals surface area contributed by atoms with Gasteiger partial charge in [-0.1, -0.05) is 48.5 Å². The van der Waals surface area contributed by atoms with Gasteiger partial charge in [0.05, 0.1) is 11.4 Å². The van der Waals surface area contributed by atoms with Crippen LogP contribution in [0.2, 0.25) is 0 Å². The first-order valence-electron chi connectivity index (χ1n) is 6.44. The maximum Gasteiger partial charge on any atom is 0.110 e. The molecule has 0 radical (unpaired) electrons. The Balaban J connectivity index is 2.26. The van der Waals surface area contributed by atoms with Gasteiger partial charge in [0, 0.05) is 11.3 Å². The van der Waals surface area contributed by atoms with Crippen molar-refractivity contribution in [3.05, 3.63) is 72.2 Å². The number of hydrogen-bond acceptors (Lipinski definition) is 1. The van der Waals surface area contributed by atoms with Crippen LogP contribution < -0.4 is 0 Å². The number of aromatic nitrogens is 2. The molecule has 0 fully saturated rings. The van der Waals surface area contributed by atoms with Gasteiger partial charge >= 0.3 is 0 Å². The molecule has 0 unspecified atom stereocenters. The van der Waals surface area contributed by atoms with Gasteiger partial charge in [-0.3, -0.25) is 4.57 Å². The van der Waals surface area contributed by atoms with Gasteiger partial charge in [-0.25, -0.2) is 4.98 Å². The minimum Gasteiger partial charge on any atom is -0.296 e. The third kappa shape index (κ3) is 2.06. The molecular formula is C17H16N2. The van der Waals surface area contributed by atoms with E-state index in [2.05, 4.69) is 65.0 Å². The summed E-state index contributed by atoms with van der Waals surface area (Å²) < 4.78 is 2.21. The van der Waals surface area contributed by atoms with Crippen LogP contribution in [0.1, 0.15) is 11.5 Å². The minimum absolute atomic E-state index is 1.02. The van der Waals surface area contributed by atoms with Crippen LogP contribution in [0.5, 0.6) is 0 Å². The molecule has 94 valence electrons. The number of rotatable bonds is 2. The van der Waals surface area contributed by atoms with Crippen LogP contribution in [-0.2, 0) is 0 Å². The zero-order valence-electron chi connectivity index (χ0n) is 11.2.